The fraction of sp³-hybridized carbons (Fsp3) is 0.769. The third-order valence-corrected chi connectivity index (χ3v) is 3.62. The van der Waals surface area contributed by atoms with Crippen molar-refractivity contribution in [2.45, 2.75) is 58.9 Å². The lowest BCUT2D eigenvalue weighted by Crippen LogP contribution is -2.27. The average molecular weight is 234 g/mol. The van der Waals surface area contributed by atoms with Crippen LogP contribution >= 0.6 is 0 Å². The Bertz CT molecular complexity index is 349. The summed E-state index contributed by atoms with van der Waals surface area (Å²) in [5.74, 6) is 3.26. The highest BCUT2D eigenvalue weighted by Gasteiger charge is 2.20. The number of anilines is 1. The molecule has 1 aromatic rings. The lowest BCUT2D eigenvalue weighted by molar-refractivity contribution is 0.329. The molecule has 0 aliphatic heterocycles. The summed E-state index contributed by atoms with van der Waals surface area (Å²) in [5, 5.41) is 3.44. The maximum atomic E-state index is 4.33. The van der Waals surface area contributed by atoms with E-state index in [2.05, 4.69) is 27.2 Å². The van der Waals surface area contributed by atoms with Crippen LogP contribution in [0.2, 0.25) is 0 Å². The van der Waals surface area contributed by atoms with Crippen LogP contribution in [0.4, 0.5) is 5.95 Å². The van der Waals surface area contributed by atoms with Gasteiger partial charge in [0, 0.05) is 6.04 Å². The molecule has 0 atom stereocenters. The molecule has 1 saturated carbocycles. The van der Waals surface area contributed by atoms with Gasteiger partial charge >= 0.3 is 0 Å². The minimum absolute atomic E-state index is 0.541. The molecule has 4 nitrogen and oxygen atoms in total. The summed E-state index contributed by atoms with van der Waals surface area (Å²) in [4.78, 5) is 12.9. The molecule has 2 rings (SSSR count). The molecule has 1 aromatic heterocycles. The summed E-state index contributed by atoms with van der Waals surface area (Å²) in [5.41, 5.74) is 0. The summed E-state index contributed by atoms with van der Waals surface area (Å²) in [6, 6.07) is 0.541. The molecule has 17 heavy (non-hydrogen) atoms. The van der Waals surface area contributed by atoms with Gasteiger partial charge in [-0.05, 0) is 45.4 Å². The van der Waals surface area contributed by atoms with Crippen molar-refractivity contribution < 1.29 is 0 Å². The van der Waals surface area contributed by atoms with Crippen molar-refractivity contribution in [3.8, 4) is 0 Å². The number of nitrogens with zero attached hydrogens (tertiary/aromatic N) is 3. The van der Waals surface area contributed by atoms with Crippen LogP contribution in [0.15, 0.2) is 0 Å². The second kappa shape index (κ2) is 5.43. The molecule has 1 fully saturated rings. The van der Waals surface area contributed by atoms with Gasteiger partial charge in [0.25, 0.3) is 0 Å². The first-order chi connectivity index (χ1) is 8.17. The molecule has 0 radical (unpaired) electrons. The van der Waals surface area contributed by atoms with E-state index < -0.39 is 0 Å². The SMILES string of the molecule is CCC1CCC(Nc2nc(C)nc(C)n2)CC1. The van der Waals surface area contributed by atoms with Crippen molar-refractivity contribution >= 4 is 5.95 Å². The van der Waals surface area contributed by atoms with Gasteiger partial charge in [0.15, 0.2) is 0 Å². The molecule has 0 spiro atoms. The zero-order chi connectivity index (χ0) is 12.3. The molecule has 1 N–H and O–H groups in total. The Morgan fingerprint density at radius 2 is 1.59 bits per heavy atom. The Hall–Kier alpha value is -1.19. The lowest BCUT2D eigenvalue weighted by Gasteiger charge is -2.28. The summed E-state index contributed by atoms with van der Waals surface area (Å²) in [7, 11) is 0. The van der Waals surface area contributed by atoms with Crippen LogP contribution in [-0.2, 0) is 0 Å². The van der Waals surface area contributed by atoms with Gasteiger partial charge in [-0.2, -0.15) is 9.97 Å². The van der Waals surface area contributed by atoms with Crippen molar-refractivity contribution in [1.82, 2.24) is 15.0 Å². The Balaban J connectivity index is 1.93. The predicted molar refractivity (Wildman–Crippen MR) is 69.0 cm³/mol. The van der Waals surface area contributed by atoms with Gasteiger partial charge in [-0.3, -0.25) is 0 Å². The number of aryl methyl sites for hydroxylation is 2. The van der Waals surface area contributed by atoms with Crippen LogP contribution in [0.1, 0.15) is 50.7 Å². The first-order valence-electron chi connectivity index (χ1n) is 6.63. The van der Waals surface area contributed by atoms with Crippen LogP contribution in [0.3, 0.4) is 0 Å². The molecule has 94 valence electrons. The van der Waals surface area contributed by atoms with Crippen molar-refractivity contribution in [2.24, 2.45) is 5.92 Å². The van der Waals surface area contributed by atoms with E-state index in [9.17, 15) is 0 Å². The summed E-state index contributed by atoms with van der Waals surface area (Å²) in [6.07, 6.45) is 6.45. The fourth-order valence-electron chi connectivity index (χ4n) is 2.58. The van der Waals surface area contributed by atoms with E-state index in [1.807, 2.05) is 13.8 Å². The Morgan fingerprint density at radius 3 is 2.12 bits per heavy atom. The standard InChI is InChI=1S/C13H22N4/c1-4-11-5-7-12(8-6-11)17-13-15-9(2)14-10(3)16-13/h11-12H,4-8H2,1-3H3,(H,14,15,16,17). The fourth-order valence-corrected chi connectivity index (χ4v) is 2.58. The summed E-state index contributed by atoms with van der Waals surface area (Å²) >= 11 is 0. The lowest BCUT2D eigenvalue weighted by atomic mass is 9.85. The first-order valence-corrected chi connectivity index (χ1v) is 6.63. The Labute approximate surface area is 103 Å². The first kappa shape index (κ1) is 12.3. The van der Waals surface area contributed by atoms with E-state index in [4.69, 9.17) is 0 Å². The summed E-state index contributed by atoms with van der Waals surface area (Å²) < 4.78 is 0. The molecule has 0 bridgehead atoms. The maximum Gasteiger partial charge on any atom is 0.226 e. The van der Waals surface area contributed by atoms with Gasteiger partial charge in [0.2, 0.25) is 5.95 Å². The van der Waals surface area contributed by atoms with Gasteiger partial charge in [-0.25, -0.2) is 4.98 Å². The smallest absolute Gasteiger partial charge is 0.226 e. The van der Waals surface area contributed by atoms with E-state index in [0.29, 0.717) is 6.04 Å². The van der Waals surface area contributed by atoms with Crippen molar-refractivity contribution in [1.29, 1.82) is 0 Å². The van der Waals surface area contributed by atoms with E-state index in [-0.39, 0.29) is 0 Å². The van der Waals surface area contributed by atoms with Crippen molar-refractivity contribution in [3.05, 3.63) is 11.6 Å². The number of hydrogen-bond donors (Lipinski definition) is 1. The van der Waals surface area contributed by atoms with Gasteiger partial charge in [0.1, 0.15) is 11.6 Å². The molecule has 0 aromatic carbocycles. The third-order valence-electron chi connectivity index (χ3n) is 3.62. The Morgan fingerprint density at radius 1 is 1.00 bits per heavy atom. The van der Waals surface area contributed by atoms with Gasteiger partial charge in [0.05, 0.1) is 0 Å². The predicted octanol–water partition coefficient (Wildman–Crippen LogP) is 2.87. The number of rotatable bonds is 3. The third kappa shape index (κ3) is 3.38. The zero-order valence-corrected chi connectivity index (χ0v) is 11.0. The van der Waals surface area contributed by atoms with E-state index in [1.165, 1.54) is 32.1 Å². The topological polar surface area (TPSA) is 50.7 Å². The highest BCUT2D eigenvalue weighted by Crippen LogP contribution is 2.27. The molecular formula is C13H22N4. The molecule has 0 unspecified atom stereocenters. The van der Waals surface area contributed by atoms with Crippen LogP contribution in [0, 0.1) is 19.8 Å². The highest BCUT2D eigenvalue weighted by atomic mass is 15.2. The van der Waals surface area contributed by atoms with Gasteiger partial charge in [-0.15, -0.1) is 0 Å². The van der Waals surface area contributed by atoms with Crippen LogP contribution < -0.4 is 5.32 Å². The van der Waals surface area contributed by atoms with Crippen LogP contribution in [0.25, 0.3) is 0 Å². The molecule has 1 aliphatic carbocycles. The number of hydrogen-bond acceptors (Lipinski definition) is 4. The Kier molecular flexibility index (Phi) is 3.92. The number of nitrogens with one attached hydrogen (secondary N) is 1. The van der Waals surface area contributed by atoms with Crippen molar-refractivity contribution in [3.63, 3.8) is 0 Å². The minimum atomic E-state index is 0.541. The monoisotopic (exact) mass is 234 g/mol. The largest absolute Gasteiger partial charge is 0.351 e. The minimum Gasteiger partial charge on any atom is -0.351 e. The maximum absolute atomic E-state index is 4.33. The average Bonchev–Trinajstić information content (AvgIpc) is 2.28. The zero-order valence-electron chi connectivity index (χ0n) is 11.0. The second-order valence-electron chi connectivity index (χ2n) is 5.02. The molecule has 0 amide bonds. The summed E-state index contributed by atoms with van der Waals surface area (Å²) in [6.45, 7) is 6.11. The molecule has 1 aliphatic rings. The second-order valence-corrected chi connectivity index (χ2v) is 5.02. The van der Waals surface area contributed by atoms with E-state index >= 15 is 0 Å². The van der Waals surface area contributed by atoms with E-state index in [1.54, 1.807) is 0 Å². The van der Waals surface area contributed by atoms with Crippen molar-refractivity contribution in [2.75, 3.05) is 5.32 Å². The van der Waals surface area contributed by atoms with Gasteiger partial charge < -0.3 is 5.32 Å². The van der Waals surface area contributed by atoms with Gasteiger partial charge in [-0.1, -0.05) is 13.3 Å². The normalized spacial score (nSPS) is 24.6. The molecular weight excluding hydrogens is 212 g/mol. The number of aromatic nitrogens is 3. The van der Waals surface area contributed by atoms with E-state index in [0.717, 1.165) is 23.5 Å². The van der Waals surface area contributed by atoms with Crippen LogP contribution in [-0.4, -0.2) is 21.0 Å². The molecule has 0 saturated heterocycles. The molecule has 1 heterocycles. The molecule has 4 heteroatoms. The quantitative estimate of drug-likeness (QED) is 0.873. The highest BCUT2D eigenvalue weighted by molar-refractivity contribution is 5.26. The van der Waals surface area contributed by atoms with Crippen LogP contribution in [0.5, 0.6) is 0 Å².